The highest BCUT2D eigenvalue weighted by Gasteiger charge is 2.36. The molecule has 2 rings (SSSR count). The largest absolute Gasteiger partial charge is 0.315 e. The van der Waals surface area contributed by atoms with E-state index in [1.165, 1.54) is 25.9 Å². The van der Waals surface area contributed by atoms with Crippen molar-refractivity contribution >= 4 is 0 Å². The van der Waals surface area contributed by atoms with E-state index in [2.05, 4.69) is 23.3 Å². The van der Waals surface area contributed by atoms with Crippen LogP contribution in [0.1, 0.15) is 25.7 Å². The zero-order chi connectivity index (χ0) is 10.7. The van der Waals surface area contributed by atoms with Gasteiger partial charge in [-0.25, -0.2) is 0 Å². The van der Waals surface area contributed by atoms with Gasteiger partial charge in [-0.2, -0.15) is 5.26 Å². The lowest BCUT2D eigenvalue weighted by Crippen LogP contribution is -2.40. The Hall–Kier alpha value is -0.590. The van der Waals surface area contributed by atoms with Gasteiger partial charge in [0.15, 0.2) is 0 Å². The Labute approximate surface area is 92.4 Å². The quantitative estimate of drug-likeness (QED) is 0.753. The fourth-order valence-electron chi connectivity index (χ4n) is 2.64. The van der Waals surface area contributed by atoms with Crippen molar-refractivity contribution in [3.05, 3.63) is 0 Å². The topological polar surface area (TPSA) is 39.1 Å². The summed E-state index contributed by atoms with van der Waals surface area (Å²) < 4.78 is 0. The van der Waals surface area contributed by atoms with Crippen molar-refractivity contribution in [3.63, 3.8) is 0 Å². The Morgan fingerprint density at radius 1 is 1.53 bits per heavy atom. The molecule has 1 N–H and O–H groups in total. The highest BCUT2D eigenvalue weighted by Crippen LogP contribution is 2.39. The SMILES string of the molecule is CN1CCC(CNCC2(C#N)CCC2)C1. The maximum atomic E-state index is 9.07. The number of nitriles is 1. The first-order chi connectivity index (χ1) is 7.24. The lowest BCUT2D eigenvalue weighted by molar-refractivity contribution is 0.204. The number of likely N-dealkylation sites (tertiary alicyclic amines) is 1. The van der Waals surface area contributed by atoms with Gasteiger partial charge in [-0.05, 0) is 45.3 Å². The lowest BCUT2D eigenvalue weighted by Gasteiger charge is -2.35. The van der Waals surface area contributed by atoms with E-state index in [0.29, 0.717) is 0 Å². The van der Waals surface area contributed by atoms with Crippen LogP contribution < -0.4 is 5.32 Å². The molecule has 0 spiro atoms. The number of nitrogens with one attached hydrogen (secondary N) is 1. The molecule has 1 atom stereocenters. The number of hydrogen-bond acceptors (Lipinski definition) is 3. The Morgan fingerprint density at radius 2 is 2.33 bits per heavy atom. The summed E-state index contributed by atoms with van der Waals surface area (Å²) in [5.41, 5.74) is -0.00942. The first kappa shape index (κ1) is 10.9. The minimum Gasteiger partial charge on any atom is -0.315 e. The standard InChI is InChI=1S/C12H21N3/c1-15-6-3-11(8-15)7-14-10-12(9-13)4-2-5-12/h11,14H,2-8,10H2,1H3. The highest BCUT2D eigenvalue weighted by molar-refractivity contribution is 5.05. The molecule has 3 heteroatoms. The summed E-state index contributed by atoms with van der Waals surface area (Å²) in [7, 11) is 2.18. The third kappa shape index (κ3) is 2.50. The van der Waals surface area contributed by atoms with Gasteiger partial charge in [-0.15, -0.1) is 0 Å². The van der Waals surface area contributed by atoms with E-state index in [1.807, 2.05) is 0 Å². The van der Waals surface area contributed by atoms with Crippen LogP contribution in [0.15, 0.2) is 0 Å². The summed E-state index contributed by atoms with van der Waals surface area (Å²) in [6.45, 7) is 4.44. The van der Waals surface area contributed by atoms with Gasteiger partial charge >= 0.3 is 0 Å². The first-order valence-electron chi connectivity index (χ1n) is 6.05. The summed E-state index contributed by atoms with van der Waals surface area (Å²) >= 11 is 0. The normalized spacial score (nSPS) is 29.7. The van der Waals surface area contributed by atoms with Crippen molar-refractivity contribution in [1.29, 1.82) is 5.26 Å². The Bertz CT molecular complexity index is 252. The van der Waals surface area contributed by atoms with Crippen LogP contribution in [0.2, 0.25) is 0 Å². The second kappa shape index (κ2) is 4.51. The second-order valence-corrected chi connectivity index (χ2v) is 5.29. The Kier molecular flexibility index (Phi) is 3.28. The van der Waals surface area contributed by atoms with Gasteiger partial charge < -0.3 is 10.2 Å². The molecular weight excluding hydrogens is 186 g/mol. The molecule has 0 aromatic carbocycles. The fraction of sp³-hybridized carbons (Fsp3) is 0.917. The van der Waals surface area contributed by atoms with Gasteiger partial charge in [0.2, 0.25) is 0 Å². The summed E-state index contributed by atoms with van der Waals surface area (Å²) in [5, 5.41) is 12.6. The lowest BCUT2D eigenvalue weighted by atomic mass is 9.70. The summed E-state index contributed by atoms with van der Waals surface area (Å²) in [6.07, 6.45) is 4.74. The summed E-state index contributed by atoms with van der Waals surface area (Å²) in [4.78, 5) is 2.38. The van der Waals surface area contributed by atoms with E-state index in [9.17, 15) is 0 Å². The van der Waals surface area contributed by atoms with Crippen LogP contribution in [-0.4, -0.2) is 38.1 Å². The minimum absolute atomic E-state index is 0.00942. The third-order valence-corrected chi connectivity index (χ3v) is 3.93. The van der Waals surface area contributed by atoms with E-state index in [1.54, 1.807) is 0 Å². The van der Waals surface area contributed by atoms with E-state index < -0.39 is 0 Å². The molecule has 1 unspecified atom stereocenters. The van der Waals surface area contributed by atoms with Crippen LogP contribution in [0.5, 0.6) is 0 Å². The van der Waals surface area contributed by atoms with E-state index in [4.69, 9.17) is 5.26 Å². The molecule has 15 heavy (non-hydrogen) atoms. The zero-order valence-corrected chi connectivity index (χ0v) is 9.63. The van der Waals surface area contributed by atoms with Gasteiger partial charge in [0.25, 0.3) is 0 Å². The van der Waals surface area contributed by atoms with E-state index >= 15 is 0 Å². The maximum Gasteiger partial charge on any atom is 0.0703 e. The van der Waals surface area contributed by atoms with Crippen LogP contribution in [0, 0.1) is 22.7 Å². The predicted molar refractivity (Wildman–Crippen MR) is 60.4 cm³/mol. The second-order valence-electron chi connectivity index (χ2n) is 5.29. The average molecular weight is 207 g/mol. The molecule has 1 aliphatic heterocycles. The number of hydrogen-bond donors (Lipinski definition) is 1. The molecule has 1 saturated carbocycles. The maximum absolute atomic E-state index is 9.07. The van der Waals surface area contributed by atoms with E-state index in [-0.39, 0.29) is 5.41 Å². The fourth-order valence-corrected chi connectivity index (χ4v) is 2.64. The Balaban J connectivity index is 1.65. The molecule has 0 amide bonds. The van der Waals surface area contributed by atoms with Gasteiger partial charge in [0.05, 0.1) is 11.5 Å². The molecule has 0 aromatic rings. The smallest absolute Gasteiger partial charge is 0.0703 e. The van der Waals surface area contributed by atoms with Crippen LogP contribution >= 0.6 is 0 Å². The van der Waals surface area contributed by atoms with Crippen LogP contribution in [-0.2, 0) is 0 Å². The van der Waals surface area contributed by atoms with Crippen molar-refractivity contribution in [3.8, 4) is 6.07 Å². The van der Waals surface area contributed by atoms with Crippen LogP contribution in [0.3, 0.4) is 0 Å². The van der Waals surface area contributed by atoms with Crippen molar-refractivity contribution in [2.45, 2.75) is 25.7 Å². The van der Waals surface area contributed by atoms with Crippen molar-refractivity contribution in [2.24, 2.45) is 11.3 Å². The third-order valence-electron chi connectivity index (χ3n) is 3.93. The van der Waals surface area contributed by atoms with Crippen LogP contribution in [0.4, 0.5) is 0 Å². The molecular formula is C12H21N3. The molecule has 1 saturated heterocycles. The molecule has 1 aliphatic carbocycles. The van der Waals surface area contributed by atoms with Gasteiger partial charge in [0.1, 0.15) is 0 Å². The van der Waals surface area contributed by atoms with Gasteiger partial charge in [0, 0.05) is 13.1 Å². The number of nitrogens with zero attached hydrogens (tertiary/aromatic N) is 2. The molecule has 0 bridgehead atoms. The molecule has 2 fully saturated rings. The molecule has 1 heterocycles. The monoisotopic (exact) mass is 207 g/mol. The molecule has 3 nitrogen and oxygen atoms in total. The zero-order valence-electron chi connectivity index (χ0n) is 9.63. The van der Waals surface area contributed by atoms with Crippen molar-refractivity contribution in [2.75, 3.05) is 33.2 Å². The number of rotatable bonds is 4. The van der Waals surface area contributed by atoms with E-state index in [0.717, 1.165) is 31.8 Å². The summed E-state index contributed by atoms with van der Waals surface area (Å²) in [5.74, 6) is 0.797. The highest BCUT2D eigenvalue weighted by atomic mass is 15.1. The predicted octanol–water partition coefficient (Wildman–Crippen LogP) is 1.22. The molecule has 0 radical (unpaired) electrons. The minimum atomic E-state index is -0.00942. The van der Waals surface area contributed by atoms with Crippen LogP contribution in [0.25, 0.3) is 0 Å². The van der Waals surface area contributed by atoms with Gasteiger partial charge in [-0.1, -0.05) is 6.42 Å². The molecule has 84 valence electrons. The van der Waals surface area contributed by atoms with Crippen molar-refractivity contribution < 1.29 is 0 Å². The molecule has 0 aromatic heterocycles. The Morgan fingerprint density at radius 3 is 2.80 bits per heavy atom. The van der Waals surface area contributed by atoms with Crippen molar-refractivity contribution in [1.82, 2.24) is 10.2 Å². The molecule has 2 aliphatic rings. The average Bonchev–Trinajstić information content (AvgIpc) is 2.56. The van der Waals surface area contributed by atoms with Gasteiger partial charge in [-0.3, -0.25) is 0 Å². The summed E-state index contributed by atoms with van der Waals surface area (Å²) in [6, 6.07) is 2.48. The first-order valence-corrected chi connectivity index (χ1v) is 6.05.